The van der Waals surface area contributed by atoms with Gasteiger partial charge in [0, 0.05) is 111 Å². The Morgan fingerprint density at radius 3 is 1.96 bits per heavy atom. The van der Waals surface area contributed by atoms with E-state index in [1.54, 1.807) is 30.5 Å². The molecule has 0 saturated carbocycles. The van der Waals surface area contributed by atoms with Crippen molar-refractivity contribution in [3.63, 3.8) is 0 Å². The highest BCUT2D eigenvalue weighted by Gasteiger charge is 2.42. The van der Waals surface area contributed by atoms with Crippen molar-refractivity contribution in [3.05, 3.63) is 78.0 Å². The molecule has 1 aliphatic heterocycles. The van der Waals surface area contributed by atoms with Gasteiger partial charge in [0.2, 0.25) is 53.2 Å². The summed E-state index contributed by atoms with van der Waals surface area (Å²) in [6, 6.07) is 1.09. The molecule has 0 radical (unpaired) electrons. The number of esters is 1. The minimum atomic E-state index is -2.22. The molecular weight excluding hydrogens is 1650 g/mol. The first-order valence-electron chi connectivity index (χ1n) is 42.5. The molecule has 0 spiro atoms. The van der Waals surface area contributed by atoms with Crippen molar-refractivity contribution < 1.29 is 131 Å². The summed E-state index contributed by atoms with van der Waals surface area (Å²) in [7, 11) is 0. The highest BCUT2D eigenvalue weighted by atomic mass is 16.6. The average molecular weight is 1770 g/mol. The number of fused-ring (bicyclic) bond motifs is 1. The Labute approximate surface area is 728 Å². The molecule has 3 aromatic rings. The number of carbonyl (C=O) groups excluding carboxylic acids is 18. The molecule has 0 bridgehead atoms. The lowest BCUT2D eigenvalue weighted by Crippen LogP contribution is -2.57. The zero-order valence-corrected chi connectivity index (χ0v) is 71.7. The standard InChI is InChI=1S/C87H120N12O27/c1-6-7-8-9-10-14-17-30-74(109)94-63(36-55-44-91-62-29-21-19-26-58(55)62)70(105)37-53(40-73(89)108)82(119)97-65(43-78(115)116)71(106)41-60-51(5)125-86(123)54(38-68(103)59-27-18-20-28-61(59)88)39-72(107)79(48(2)33-76(111)112)99-85(122)67(47-100)95-75(110)46-93-84(121)66(34-50(4)101)98-80(117)49(3)32-69(104)64(42-77(113)114)96-81(118)52(35-56(102)45-92-83(60)120)23-22-31-90-87(124)126-57-24-15-12-11-13-16-25-57/h11-12,18-21,26-29,44,48-49,51-54,57,60,63-67,79,91,100H,6-10,13-17,22-25,30-43,45-47,88H2,1-5H3,(H2,89,108)(H,90,124)(H,92,120)(H,93,121)(H,94,109)(H,95,110)(H,96,118)(H,97,119)(H,98,117)(H,99,122)(H,111,112)(H,113,114)(H,115,116)/b12-11+. The van der Waals surface area contributed by atoms with E-state index < -0.39 is 298 Å². The zero-order chi connectivity index (χ0) is 93.3. The van der Waals surface area contributed by atoms with Crippen LogP contribution in [0.5, 0.6) is 0 Å². The van der Waals surface area contributed by atoms with Crippen molar-refractivity contribution in [2.45, 2.75) is 256 Å². The number of ether oxygens (including phenoxy) is 2. The average Bonchev–Trinajstić information content (AvgIpc) is 1.60. The number of para-hydroxylation sites is 2. The monoisotopic (exact) mass is 1760 g/mol. The van der Waals surface area contributed by atoms with Crippen LogP contribution in [0.1, 0.15) is 217 Å². The number of hydrogen-bond acceptors (Lipinski definition) is 25. The molecule has 2 heterocycles. The lowest BCUT2D eigenvalue weighted by Gasteiger charge is -2.28. The summed E-state index contributed by atoms with van der Waals surface area (Å²) >= 11 is 0. The van der Waals surface area contributed by atoms with Crippen LogP contribution in [-0.2, 0) is 107 Å². The highest BCUT2D eigenvalue weighted by molar-refractivity contribution is 6.05. The first-order valence-corrected chi connectivity index (χ1v) is 42.5. The van der Waals surface area contributed by atoms with Crippen LogP contribution in [0.4, 0.5) is 10.5 Å². The third-order valence-corrected chi connectivity index (χ3v) is 21.7. The van der Waals surface area contributed by atoms with Gasteiger partial charge in [0.15, 0.2) is 34.7 Å². The Bertz CT molecular complexity index is 4430. The summed E-state index contributed by atoms with van der Waals surface area (Å²) in [5, 5.41) is 62.7. The number of benzene rings is 2. The summed E-state index contributed by atoms with van der Waals surface area (Å²) in [6.45, 7) is 2.82. The van der Waals surface area contributed by atoms with Crippen LogP contribution in [0.25, 0.3) is 10.9 Å². The SMILES string of the molecule is CCCCCCCCCC(=O)NC(Cc1c[nH]c2ccccc12)C(=O)CC(CC(N)=O)C(=O)NC(CC(=O)O)C(=O)CC1C(=O)NCC(=O)CC(CCCNC(=O)OC2CC/C=C/CCC2)C(=O)NC(CC(=O)O)C(=O)CC(C)C(=O)NC(CC(C)=O)C(=O)NCC(=O)NC(CO)C(=O)NC(C(C)CC(=O)O)C(=O)CC(CC(=O)c2ccccc2N)C(=O)OC1C. The number of alkyl carbamates (subject to hydrolysis) is 1. The molecule has 1 saturated heterocycles. The number of H-pyrrole nitrogens is 1. The van der Waals surface area contributed by atoms with Crippen LogP contribution < -0.4 is 59.3 Å². The topological polar surface area (TPSA) is 634 Å². The number of ketones is 7. The number of rotatable bonds is 39. The van der Waals surface area contributed by atoms with Gasteiger partial charge in [-0.15, -0.1) is 0 Å². The predicted molar refractivity (Wildman–Crippen MR) is 451 cm³/mol. The summed E-state index contributed by atoms with van der Waals surface area (Å²) in [5.74, 6) is -34.6. The van der Waals surface area contributed by atoms with Crippen LogP contribution in [-0.4, -0.2) is 224 Å². The van der Waals surface area contributed by atoms with Crippen molar-refractivity contribution >= 4 is 140 Å². The number of nitrogens with one attached hydrogen (secondary N) is 10. The van der Waals surface area contributed by atoms with Crippen LogP contribution in [0.2, 0.25) is 0 Å². The number of cyclic esters (lactones) is 1. The van der Waals surface area contributed by atoms with Crippen molar-refractivity contribution in [2.24, 2.45) is 41.2 Å². The molecule has 2 aliphatic rings. The van der Waals surface area contributed by atoms with Gasteiger partial charge < -0.3 is 94.2 Å². The molecular formula is C87H120N12O27. The van der Waals surface area contributed by atoms with E-state index in [0.29, 0.717) is 48.6 Å². The Morgan fingerprint density at radius 2 is 1.29 bits per heavy atom. The van der Waals surface area contributed by atoms with Crippen molar-refractivity contribution in [3.8, 4) is 0 Å². The maximum atomic E-state index is 15.1. The molecule has 18 N–H and O–H groups in total. The Balaban J connectivity index is 1.63. The minimum Gasteiger partial charge on any atom is -0.481 e. The lowest BCUT2D eigenvalue weighted by molar-refractivity contribution is -0.160. The third-order valence-electron chi connectivity index (χ3n) is 21.7. The van der Waals surface area contributed by atoms with Gasteiger partial charge in [0.25, 0.3) is 0 Å². The van der Waals surface area contributed by atoms with E-state index in [2.05, 4.69) is 59.8 Å². The number of nitrogen functional groups attached to an aromatic ring is 1. The quantitative estimate of drug-likeness (QED) is 0.0128. The fourth-order valence-electron chi connectivity index (χ4n) is 14.7. The van der Waals surface area contributed by atoms with E-state index >= 15 is 14.4 Å². The highest BCUT2D eigenvalue weighted by Crippen LogP contribution is 2.28. The number of hydrogen-bond donors (Lipinski definition) is 16. The number of carboxylic acid groups (broad SMARTS) is 3. The van der Waals surface area contributed by atoms with Gasteiger partial charge in [0.1, 0.15) is 30.1 Å². The van der Waals surface area contributed by atoms with E-state index in [1.165, 1.54) is 31.2 Å². The maximum absolute atomic E-state index is 15.1. The predicted octanol–water partition coefficient (Wildman–Crippen LogP) is 2.99. The van der Waals surface area contributed by atoms with Crippen LogP contribution in [0.3, 0.4) is 0 Å². The van der Waals surface area contributed by atoms with Gasteiger partial charge in [-0.25, -0.2) is 4.79 Å². The number of aliphatic carboxylic acids is 3. The fourth-order valence-corrected chi connectivity index (χ4v) is 14.7. The summed E-state index contributed by atoms with van der Waals surface area (Å²) in [6.07, 6.45) is -0.0561. The van der Waals surface area contributed by atoms with Gasteiger partial charge in [0.05, 0.1) is 80.9 Å². The number of aliphatic hydroxyl groups is 1. The maximum Gasteiger partial charge on any atom is 0.407 e. The van der Waals surface area contributed by atoms with E-state index in [4.69, 9.17) is 20.9 Å². The number of anilines is 1. The normalized spacial score (nSPS) is 22.2. The number of carboxylic acids is 3. The molecule has 1 aliphatic carbocycles. The van der Waals surface area contributed by atoms with E-state index in [1.807, 2.05) is 12.2 Å². The molecule has 5 rings (SSSR count). The number of aliphatic hydroxyl groups excluding tert-OH is 1. The molecule has 1 fully saturated rings. The van der Waals surface area contributed by atoms with Crippen LogP contribution in [0.15, 0.2) is 66.9 Å². The van der Waals surface area contributed by atoms with Gasteiger partial charge >= 0.3 is 30.0 Å². The Hall–Kier alpha value is -12.5. The molecule has 690 valence electrons. The van der Waals surface area contributed by atoms with Gasteiger partial charge in [-0.05, 0) is 94.9 Å². The molecule has 126 heavy (non-hydrogen) atoms. The smallest absolute Gasteiger partial charge is 0.407 e. The Morgan fingerprint density at radius 1 is 0.619 bits per heavy atom. The summed E-state index contributed by atoms with van der Waals surface area (Å²) in [4.78, 5) is 295. The number of Topliss-reactive ketones (excluding diaryl/α,β-unsaturated/α-hetero) is 7. The largest absolute Gasteiger partial charge is 0.481 e. The first kappa shape index (κ1) is 104. The van der Waals surface area contributed by atoms with Gasteiger partial charge in [-0.3, -0.25) is 95.9 Å². The molecule has 14 atom stereocenters. The summed E-state index contributed by atoms with van der Waals surface area (Å²) < 4.78 is 11.5. The van der Waals surface area contributed by atoms with Crippen molar-refractivity contribution in [1.29, 1.82) is 0 Å². The fraction of sp³-hybridized carbons (Fsp3) is 0.575. The summed E-state index contributed by atoms with van der Waals surface area (Å²) in [5.41, 5.74) is 12.7. The van der Waals surface area contributed by atoms with E-state index in [-0.39, 0.29) is 43.5 Å². The number of nitrogens with two attached hydrogens (primary N) is 2. The number of aromatic amines is 1. The van der Waals surface area contributed by atoms with Gasteiger partial charge in [-0.2, -0.15) is 0 Å². The van der Waals surface area contributed by atoms with Crippen LogP contribution >= 0.6 is 0 Å². The molecule has 2 aromatic carbocycles. The second-order valence-corrected chi connectivity index (χ2v) is 32.3. The molecule has 10 amide bonds. The van der Waals surface area contributed by atoms with E-state index in [9.17, 15) is 107 Å². The molecule has 1 aromatic heterocycles. The first-order chi connectivity index (χ1) is 59.8. The second kappa shape index (κ2) is 53.7. The zero-order valence-electron chi connectivity index (χ0n) is 71.7. The second-order valence-electron chi connectivity index (χ2n) is 32.3. The Kier molecular flexibility index (Phi) is 44.3. The molecule has 39 nitrogen and oxygen atoms in total. The molecule has 14 unspecified atom stereocenters. The van der Waals surface area contributed by atoms with Crippen molar-refractivity contribution in [2.75, 3.05) is 32.0 Å². The third kappa shape index (κ3) is 36.8. The lowest BCUT2D eigenvalue weighted by atomic mass is 9.86. The number of aromatic nitrogens is 1. The van der Waals surface area contributed by atoms with E-state index in [0.717, 1.165) is 65.7 Å². The number of amides is 10. The number of primary amides is 1. The number of allylic oxidation sites excluding steroid dienone is 2. The van der Waals surface area contributed by atoms with Gasteiger partial charge in [-0.1, -0.05) is 102 Å². The van der Waals surface area contributed by atoms with Crippen LogP contribution in [0, 0.1) is 35.5 Å². The molecule has 39 heteroatoms. The number of unbranched alkanes of at least 4 members (excludes halogenated alkanes) is 6. The number of carbonyl (C=O) groups is 21. The van der Waals surface area contributed by atoms with Crippen molar-refractivity contribution in [1.82, 2.24) is 52.8 Å². The minimum absolute atomic E-state index is 0.0178.